The molecular weight excluding hydrogens is 284 g/mol. The average molecular weight is 302 g/mol. The number of fused-ring (bicyclic) bond motifs is 1. The van der Waals surface area contributed by atoms with Crippen molar-refractivity contribution in [2.75, 3.05) is 18.0 Å². The number of benzene rings is 1. The minimum atomic E-state index is -0.421. The van der Waals surface area contributed by atoms with Gasteiger partial charge in [-0.25, -0.2) is 4.98 Å². The predicted molar refractivity (Wildman–Crippen MR) is 84.2 cm³/mol. The van der Waals surface area contributed by atoms with Crippen molar-refractivity contribution in [3.63, 3.8) is 0 Å². The van der Waals surface area contributed by atoms with Gasteiger partial charge in [0, 0.05) is 19.2 Å². The molecule has 1 saturated heterocycles. The SMILES string of the molecule is C[C@H]1CCCN(c2cc3nc[nH]c(=O)c3cc2[N+](=O)[O-])CC1. The zero-order valence-corrected chi connectivity index (χ0v) is 12.4. The van der Waals surface area contributed by atoms with Crippen molar-refractivity contribution >= 4 is 22.3 Å². The molecule has 1 N–H and O–H groups in total. The fourth-order valence-corrected chi connectivity index (χ4v) is 3.00. The van der Waals surface area contributed by atoms with Gasteiger partial charge in [0.15, 0.2) is 0 Å². The third-order valence-electron chi connectivity index (χ3n) is 4.29. The molecule has 3 rings (SSSR count). The van der Waals surface area contributed by atoms with Crippen LogP contribution in [-0.2, 0) is 0 Å². The lowest BCUT2D eigenvalue weighted by atomic mass is 10.0. The molecule has 22 heavy (non-hydrogen) atoms. The summed E-state index contributed by atoms with van der Waals surface area (Å²) in [6, 6.07) is 3.00. The molecule has 1 aromatic carbocycles. The van der Waals surface area contributed by atoms with Crippen LogP contribution in [0.5, 0.6) is 0 Å². The molecule has 0 bridgehead atoms. The van der Waals surface area contributed by atoms with Crippen LogP contribution in [-0.4, -0.2) is 28.0 Å². The number of nitrogens with one attached hydrogen (secondary N) is 1. The predicted octanol–water partition coefficient (Wildman–Crippen LogP) is 2.46. The van der Waals surface area contributed by atoms with E-state index in [1.54, 1.807) is 6.07 Å². The Balaban J connectivity index is 2.12. The highest BCUT2D eigenvalue weighted by Crippen LogP contribution is 2.33. The van der Waals surface area contributed by atoms with Crippen molar-refractivity contribution in [2.24, 2.45) is 5.92 Å². The van der Waals surface area contributed by atoms with Gasteiger partial charge in [-0.05, 0) is 31.2 Å². The molecule has 7 heteroatoms. The van der Waals surface area contributed by atoms with Crippen molar-refractivity contribution in [1.29, 1.82) is 0 Å². The van der Waals surface area contributed by atoms with E-state index in [2.05, 4.69) is 16.9 Å². The smallest absolute Gasteiger partial charge is 0.293 e. The van der Waals surface area contributed by atoms with Crippen LogP contribution in [0.1, 0.15) is 26.2 Å². The fraction of sp³-hybridized carbons (Fsp3) is 0.467. The average Bonchev–Trinajstić information content (AvgIpc) is 2.71. The number of aromatic nitrogens is 2. The Labute approximate surface area is 127 Å². The lowest BCUT2D eigenvalue weighted by molar-refractivity contribution is -0.384. The standard InChI is InChI=1S/C15H18N4O3/c1-10-3-2-5-18(6-4-10)13-8-12-11(7-14(13)19(21)22)15(20)17-9-16-12/h7-10H,2-6H2,1H3,(H,16,17,20)/t10-/m0/s1. The molecule has 1 aliphatic heterocycles. The monoisotopic (exact) mass is 302 g/mol. The lowest BCUT2D eigenvalue weighted by Crippen LogP contribution is -2.25. The van der Waals surface area contributed by atoms with E-state index >= 15 is 0 Å². The van der Waals surface area contributed by atoms with E-state index < -0.39 is 4.92 Å². The molecule has 0 radical (unpaired) electrons. The van der Waals surface area contributed by atoms with Crippen LogP contribution in [0.4, 0.5) is 11.4 Å². The van der Waals surface area contributed by atoms with Crippen molar-refractivity contribution in [2.45, 2.75) is 26.2 Å². The first kappa shape index (κ1) is 14.5. The summed E-state index contributed by atoms with van der Waals surface area (Å²) in [7, 11) is 0. The van der Waals surface area contributed by atoms with E-state index in [1.807, 2.05) is 4.90 Å². The molecule has 2 aromatic rings. The second kappa shape index (κ2) is 5.75. The van der Waals surface area contributed by atoms with Crippen LogP contribution < -0.4 is 10.5 Å². The molecule has 0 aliphatic carbocycles. The first-order valence-electron chi connectivity index (χ1n) is 7.47. The van der Waals surface area contributed by atoms with E-state index in [1.165, 1.54) is 12.4 Å². The molecule has 0 unspecified atom stereocenters. The largest absolute Gasteiger partial charge is 0.366 e. The minimum Gasteiger partial charge on any atom is -0.366 e. The first-order valence-corrected chi connectivity index (χ1v) is 7.47. The summed E-state index contributed by atoms with van der Waals surface area (Å²) < 4.78 is 0. The zero-order valence-electron chi connectivity index (χ0n) is 12.4. The molecular formula is C15H18N4O3. The molecule has 0 amide bonds. The van der Waals surface area contributed by atoms with Crippen LogP contribution in [0.15, 0.2) is 23.3 Å². The summed E-state index contributed by atoms with van der Waals surface area (Å²) in [4.78, 5) is 31.4. The van der Waals surface area contributed by atoms with E-state index in [-0.39, 0.29) is 16.6 Å². The maximum atomic E-state index is 11.8. The first-order chi connectivity index (χ1) is 10.6. The topological polar surface area (TPSA) is 92.1 Å². The van der Waals surface area contributed by atoms with E-state index in [4.69, 9.17) is 0 Å². The van der Waals surface area contributed by atoms with Crippen LogP contribution in [0.25, 0.3) is 10.9 Å². The lowest BCUT2D eigenvalue weighted by Gasteiger charge is -2.22. The molecule has 116 valence electrons. The normalized spacial score (nSPS) is 19.1. The van der Waals surface area contributed by atoms with Crippen molar-refractivity contribution in [1.82, 2.24) is 9.97 Å². The van der Waals surface area contributed by atoms with Gasteiger partial charge in [-0.3, -0.25) is 14.9 Å². The highest BCUT2D eigenvalue weighted by molar-refractivity contribution is 5.87. The van der Waals surface area contributed by atoms with Crippen molar-refractivity contribution < 1.29 is 4.92 Å². The summed E-state index contributed by atoms with van der Waals surface area (Å²) in [6.45, 7) is 3.79. The third kappa shape index (κ3) is 2.66. The van der Waals surface area contributed by atoms with Gasteiger partial charge in [-0.15, -0.1) is 0 Å². The number of anilines is 1. The van der Waals surface area contributed by atoms with Crippen molar-refractivity contribution in [3.05, 3.63) is 38.9 Å². The number of nitro benzene ring substituents is 1. The van der Waals surface area contributed by atoms with E-state index in [0.717, 1.165) is 32.4 Å². The Morgan fingerprint density at radius 1 is 1.36 bits per heavy atom. The maximum Gasteiger partial charge on any atom is 0.293 e. The van der Waals surface area contributed by atoms with E-state index in [0.29, 0.717) is 17.1 Å². The highest BCUT2D eigenvalue weighted by atomic mass is 16.6. The van der Waals surface area contributed by atoms with Crippen LogP contribution in [0.3, 0.4) is 0 Å². The number of aromatic amines is 1. The van der Waals surface area contributed by atoms with Crippen LogP contribution in [0.2, 0.25) is 0 Å². The third-order valence-corrected chi connectivity index (χ3v) is 4.29. The summed E-state index contributed by atoms with van der Waals surface area (Å²) in [5.41, 5.74) is 0.663. The molecule has 7 nitrogen and oxygen atoms in total. The molecule has 2 heterocycles. The highest BCUT2D eigenvalue weighted by Gasteiger charge is 2.23. The van der Waals surface area contributed by atoms with Gasteiger partial charge in [-0.2, -0.15) is 0 Å². The van der Waals surface area contributed by atoms with Gasteiger partial charge < -0.3 is 9.88 Å². The van der Waals surface area contributed by atoms with Gasteiger partial charge in [0.2, 0.25) is 0 Å². The van der Waals surface area contributed by atoms with Gasteiger partial charge in [0.1, 0.15) is 5.69 Å². The second-order valence-electron chi connectivity index (χ2n) is 5.87. The van der Waals surface area contributed by atoms with Gasteiger partial charge in [-0.1, -0.05) is 6.92 Å². The Morgan fingerprint density at radius 3 is 2.95 bits per heavy atom. The number of H-pyrrole nitrogens is 1. The summed E-state index contributed by atoms with van der Waals surface area (Å²) in [5, 5.41) is 11.7. The molecule has 0 spiro atoms. The molecule has 1 aromatic heterocycles. The second-order valence-corrected chi connectivity index (χ2v) is 5.87. The van der Waals surface area contributed by atoms with Gasteiger partial charge in [0.05, 0.1) is 22.2 Å². The summed E-state index contributed by atoms with van der Waals surface area (Å²) in [6.07, 6.45) is 4.48. The molecule has 1 fully saturated rings. The zero-order chi connectivity index (χ0) is 15.7. The van der Waals surface area contributed by atoms with Gasteiger partial charge in [0.25, 0.3) is 11.2 Å². The Hall–Kier alpha value is -2.44. The number of hydrogen-bond donors (Lipinski definition) is 1. The number of nitrogens with zero attached hydrogens (tertiary/aromatic N) is 3. The Kier molecular flexibility index (Phi) is 3.79. The Bertz CT molecular complexity index is 771. The summed E-state index contributed by atoms with van der Waals surface area (Å²) >= 11 is 0. The number of rotatable bonds is 2. The quantitative estimate of drug-likeness (QED) is 0.679. The minimum absolute atomic E-state index is 0.0273. The van der Waals surface area contributed by atoms with Crippen LogP contribution in [0, 0.1) is 16.0 Å². The maximum absolute atomic E-state index is 11.8. The molecule has 0 saturated carbocycles. The Morgan fingerprint density at radius 2 is 2.18 bits per heavy atom. The summed E-state index contributed by atoms with van der Waals surface area (Å²) in [5.74, 6) is 0.630. The van der Waals surface area contributed by atoms with E-state index in [9.17, 15) is 14.9 Å². The van der Waals surface area contributed by atoms with Crippen molar-refractivity contribution in [3.8, 4) is 0 Å². The number of nitro groups is 1. The molecule has 1 aliphatic rings. The molecule has 1 atom stereocenters. The number of hydrogen-bond acceptors (Lipinski definition) is 5. The van der Waals surface area contributed by atoms with Crippen LogP contribution >= 0.6 is 0 Å². The van der Waals surface area contributed by atoms with Gasteiger partial charge >= 0.3 is 0 Å². The fourth-order valence-electron chi connectivity index (χ4n) is 3.00.